The van der Waals surface area contributed by atoms with Crippen molar-refractivity contribution in [3.05, 3.63) is 22.7 Å². The molecule has 1 aliphatic rings. The Bertz CT molecular complexity index is 602. The Kier molecular flexibility index (Phi) is 5.71. The van der Waals surface area contributed by atoms with Crippen molar-refractivity contribution in [2.24, 2.45) is 0 Å². The molecule has 23 heavy (non-hydrogen) atoms. The maximum atomic E-state index is 12.5. The topological polar surface area (TPSA) is 59.1 Å². The van der Waals surface area contributed by atoms with Crippen molar-refractivity contribution in [2.75, 3.05) is 39.9 Å². The van der Waals surface area contributed by atoms with E-state index in [-0.39, 0.29) is 18.4 Å². The van der Waals surface area contributed by atoms with Crippen LogP contribution >= 0.6 is 11.6 Å². The van der Waals surface area contributed by atoms with Gasteiger partial charge in [-0.15, -0.1) is 0 Å². The number of amides is 2. The van der Waals surface area contributed by atoms with Gasteiger partial charge >= 0.3 is 0 Å². The number of benzene rings is 1. The third kappa shape index (κ3) is 3.88. The van der Waals surface area contributed by atoms with Crippen LogP contribution in [0.3, 0.4) is 0 Å². The van der Waals surface area contributed by atoms with Gasteiger partial charge in [0.25, 0.3) is 5.91 Å². The molecule has 0 N–H and O–H groups in total. The molecule has 0 aliphatic carbocycles. The molecular weight excluding hydrogens is 320 g/mol. The molecule has 0 spiro atoms. The van der Waals surface area contributed by atoms with Crippen LogP contribution in [0, 0.1) is 0 Å². The molecule has 0 aromatic heterocycles. The second kappa shape index (κ2) is 7.55. The number of likely N-dealkylation sites (N-methyl/N-ethyl adjacent to an activating group) is 2. The minimum atomic E-state index is -0.288. The second-order valence-corrected chi connectivity index (χ2v) is 5.62. The monoisotopic (exact) mass is 340 g/mol. The van der Waals surface area contributed by atoms with E-state index in [0.717, 1.165) is 0 Å². The van der Waals surface area contributed by atoms with Gasteiger partial charge in [0.1, 0.15) is 13.2 Å². The van der Waals surface area contributed by atoms with E-state index >= 15 is 0 Å². The first-order chi connectivity index (χ1) is 11.0. The van der Waals surface area contributed by atoms with Gasteiger partial charge in [-0.2, -0.15) is 0 Å². The molecule has 7 heteroatoms. The molecule has 1 aromatic carbocycles. The minimum absolute atomic E-state index is 0.0204. The predicted molar refractivity (Wildman–Crippen MR) is 87.3 cm³/mol. The van der Waals surface area contributed by atoms with Crippen LogP contribution in [0.4, 0.5) is 0 Å². The Balaban J connectivity index is 2.13. The lowest BCUT2D eigenvalue weighted by molar-refractivity contribution is -0.131. The van der Waals surface area contributed by atoms with E-state index in [0.29, 0.717) is 48.4 Å². The van der Waals surface area contributed by atoms with Gasteiger partial charge in [0.05, 0.1) is 11.6 Å². The Labute approximate surface area is 140 Å². The smallest absolute Gasteiger partial charge is 0.254 e. The van der Waals surface area contributed by atoms with Crippen LogP contribution in [0.15, 0.2) is 12.1 Å². The highest BCUT2D eigenvalue weighted by Gasteiger charge is 2.22. The van der Waals surface area contributed by atoms with Crippen molar-refractivity contribution < 1.29 is 19.1 Å². The van der Waals surface area contributed by atoms with Gasteiger partial charge in [-0.25, -0.2) is 0 Å². The Hall–Kier alpha value is -1.95. The molecule has 0 atom stereocenters. The van der Waals surface area contributed by atoms with Crippen molar-refractivity contribution in [1.29, 1.82) is 0 Å². The van der Waals surface area contributed by atoms with E-state index in [1.807, 2.05) is 13.8 Å². The van der Waals surface area contributed by atoms with Crippen molar-refractivity contribution in [2.45, 2.75) is 13.8 Å². The molecule has 0 radical (unpaired) electrons. The first-order valence-electron chi connectivity index (χ1n) is 7.60. The summed E-state index contributed by atoms with van der Waals surface area (Å²) in [5, 5.41) is 0.328. The van der Waals surface area contributed by atoms with E-state index in [1.54, 1.807) is 18.0 Å². The van der Waals surface area contributed by atoms with Crippen LogP contribution in [0.1, 0.15) is 24.2 Å². The number of fused-ring (bicyclic) bond motifs is 1. The zero-order valence-electron chi connectivity index (χ0n) is 13.6. The molecule has 6 nitrogen and oxygen atoms in total. The van der Waals surface area contributed by atoms with Gasteiger partial charge in [-0.3, -0.25) is 9.59 Å². The predicted octanol–water partition coefficient (Wildman–Crippen LogP) is 2.05. The molecule has 0 saturated heterocycles. The maximum absolute atomic E-state index is 12.5. The second-order valence-electron chi connectivity index (χ2n) is 5.21. The third-order valence-corrected chi connectivity index (χ3v) is 3.96. The fourth-order valence-electron chi connectivity index (χ4n) is 2.41. The minimum Gasteiger partial charge on any atom is -0.486 e. The molecule has 2 amide bonds. The maximum Gasteiger partial charge on any atom is 0.254 e. The number of halogens is 1. The molecular formula is C16H21ClN2O4. The fourth-order valence-corrected chi connectivity index (χ4v) is 2.67. The number of hydrogen-bond donors (Lipinski definition) is 0. The average molecular weight is 341 g/mol. The number of ether oxygens (including phenoxy) is 2. The van der Waals surface area contributed by atoms with Crippen molar-refractivity contribution in [1.82, 2.24) is 9.80 Å². The summed E-state index contributed by atoms with van der Waals surface area (Å²) in [6.07, 6.45) is 0. The van der Waals surface area contributed by atoms with E-state index in [4.69, 9.17) is 21.1 Å². The van der Waals surface area contributed by atoms with Gasteiger partial charge in [0.15, 0.2) is 11.5 Å². The van der Waals surface area contributed by atoms with E-state index in [9.17, 15) is 9.59 Å². The zero-order valence-corrected chi connectivity index (χ0v) is 14.4. The molecule has 1 heterocycles. The highest BCUT2D eigenvalue weighted by molar-refractivity contribution is 6.32. The molecule has 0 saturated carbocycles. The number of carbonyl (C=O) groups excluding carboxylic acids is 2. The summed E-state index contributed by atoms with van der Waals surface area (Å²) >= 11 is 6.15. The van der Waals surface area contributed by atoms with Crippen LogP contribution < -0.4 is 9.47 Å². The van der Waals surface area contributed by atoms with Crippen LogP contribution in [0.5, 0.6) is 11.5 Å². The lowest BCUT2D eigenvalue weighted by Gasteiger charge is -2.24. The first kappa shape index (κ1) is 17.4. The van der Waals surface area contributed by atoms with Crippen LogP contribution in [0.2, 0.25) is 5.02 Å². The van der Waals surface area contributed by atoms with E-state index in [1.165, 1.54) is 11.0 Å². The summed E-state index contributed by atoms with van der Waals surface area (Å²) in [6.45, 7) is 5.91. The Morgan fingerprint density at radius 2 is 1.83 bits per heavy atom. The highest BCUT2D eigenvalue weighted by Crippen LogP contribution is 2.38. The lowest BCUT2D eigenvalue weighted by atomic mass is 10.1. The Morgan fingerprint density at radius 3 is 2.48 bits per heavy atom. The zero-order chi connectivity index (χ0) is 17.0. The summed E-state index contributed by atoms with van der Waals surface area (Å²) in [4.78, 5) is 27.7. The first-order valence-corrected chi connectivity index (χ1v) is 7.98. The largest absolute Gasteiger partial charge is 0.486 e. The summed E-state index contributed by atoms with van der Waals surface area (Å²) < 4.78 is 10.9. The number of hydrogen-bond acceptors (Lipinski definition) is 4. The van der Waals surface area contributed by atoms with Crippen LogP contribution in [-0.4, -0.2) is 61.5 Å². The van der Waals surface area contributed by atoms with Crippen molar-refractivity contribution in [3.63, 3.8) is 0 Å². The molecule has 0 unspecified atom stereocenters. The van der Waals surface area contributed by atoms with E-state index in [2.05, 4.69) is 0 Å². The van der Waals surface area contributed by atoms with Gasteiger partial charge in [0, 0.05) is 25.7 Å². The summed E-state index contributed by atoms with van der Waals surface area (Å²) in [6, 6.07) is 3.14. The fraction of sp³-hybridized carbons (Fsp3) is 0.500. The standard InChI is InChI=1S/C16H21ClN2O4/c1-4-19(5-2)14(20)10-18(3)16(21)11-8-12(17)15-13(9-11)22-6-7-23-15/h8-9H,4-7,10H2,1-3H3. The normalized spacial score (nSPS) is 12.7. The number of carbonyl (C=O) groups is 2. The molecule has 0 bridgehead atoms. The van der Waals surface area contributed by atoms with Crippen LogP contribution in [0.25, 0.3) is 0 Å². The average Bonchev–Trinajstić information content (AvgIpc) is 2.55. The van der Waals surface area contributed by atoms with Crippen molar-refractivity contribution in [3.8, 4) is 11.5 Å². The molecule has 2 rings (SSSR count). The van der Waals surface area contributed by atoms with Crippen molar-refractivity contribution >= 4 is 23.4 Å². The Morgan fingerprint density at radius 1 is 1.17 bits per heavy atom. The van der Waals surface area contributed by atoms with Gasteiger partial charge in [-0.1, -0.05) is 11.6 Å². The van der Waals surface area contributed by atoms with Gasteiger partial charge in [-0.05, 0) is 26.0 Å². The molecule has 126 valence electrons. The molecule has 1 aromatic rings. The molecule has 0 fully saturated rings. The summed E-state index contributed by atoms with van der Waals surface area (Å²) in [5.41, 5.74) is 0.370. The third-order valence-electron chi connectivity index (χ3n) is 3.68. The number of nitrogens with zero attached hydrogens (tertiary/aromatic N) is 2. The van der Waals surface area contributed by atoms with E-state index < -0.39 is 0 Å². The van der Waals surface area contributed by atoms with Gasteiger partial charge < -0.3 is 19.3 Å². The lowest BCUT2D eigenvalue weighted by Crippen LogP contribution is -2.41. The quantitative estimate of drug-likeness (QED) is 0.823. The highest BCUT2D eigenvalue weighted by atomic mass is 35.5. The SMILES string of the molecule is CCN(CC)C(=O)CN(C)C(=O)c1cc(Cl)c2c(c1)OCCO2. The van der Waals surface area contributed by atoms with Crippen LogP contribution in [-0.2, 0) is 4.79 Å². The summed E-state index contributed by atoms with van der Waals surface area (Å²) in [5.74, 6) is 0.533. The number of rotatable bonds is 5. The summed E-state index contributed by atoms with van der Waals surface area (Å²) in [7, 11) is 1.59. The van der Waals surface area contributed by atoms with Gasteiger partial charge in [0.2, 0.25) is 5.91 Å². The molecule has 1 aliphatic heterocycles.